The number of methoxy groups -OCH3 is 1. The molecule has 0 aliphatic carbocycles. The molecule has 5 nitrogen and oxygen atoms in total. The molecule has 1 unspecified atom stereocenters. The molecule has 1 atom stereocenters. The summed E-state index contributed by atoms with van der Waals surface area (Å²) in [5.74, 6) is 1.64. The number of ether oxygens (including phenoxy) is 1. The van der Waals surface area contributed by atoms with E-state index in [1.165, 1.54) is 23.3 Å². The van der Waals surface area contributed by atoms with Crippen LogP contribution in [0.5, 0.6) is 5.75 Å². The molecule has 5 rings (SSSR count). The van der Waals surface area contributed by atoms with Gasteiger partial charge in [-0.1, -0.05) is 30.3 Å². The largest absolute Gasteiger partial charge is 0.497 e. The Bertz CT molecular complexity index is 1330. The van der Waals surface area contributed by atoms with Gasteiger partial charge in [-0.3, -0.25) is 0 Å². The molecule has 0 spiro atoms. The van der Waals surface area contributed by atoms with Crippen molar-refractivity contribution in [2.75, 3.05) is 18.6 Å². The Morgan fingerprint density at radius 1 is 1.00 bits per heavy atom. The second-order valence-corrected chi connectivity index (χ2v) is 8.59. The van der Waals surface area contributed by atoms with E-state index in [1.807, 2.05) is 30.4 Å². The van der Waals surface area contributed by atoms with Crippen LogP contribution in [0, 0.1) is 12.7 Å². The Kier molecular flexibility index (Phi) is 5.65. The molecular weight excluding hydrogens is 429 g/mol. The lowest BCUT2D eigenvalue weighted by Crippen LogP contribution is -2.49. The van der Waals surface area contributed by atoms with Crippen molar-refractivity contribution in [3.05, 3.63) is 107 Å². The van der Waals surface area contributed by atoms with Crippen molar-refractivity contribution >= 4 is 17.8 Å². The Balaban J connectivity index is 1.56. The van der Waals surface area contributed by atoms with Crippen LogP contribution in [-0.4, -0.2) is 23.9 Å². The number of aromatic nitrogens is 2. The van der Waals surface area contributed by atoms with Crippen LogP contribution in [-0.2, 0) is 12.0 Å². The van der Waals surface area contributed by atoms with E-state index in [0.29, 0.717) is 11.8 Å². The van der Waals surface area contributed by atoms with Gasteiger partial charge < -0.3 is 14.1 Å². The van der Waals surface area contributed by atoms with Crippen LogP contribution >= 0.6 is 0 Å². The molecule has 0 amide bonds. The van der Waals surface area contributed by atoms with Crippen LogP contribution in [0.1, 0.15) is 41.0 Å². The highest BCUT2D eigenvalue weighted by Crippen LogP contribution is 2.44. The highest BCUT2D eigenvalue weighted by atomic mass is 19.1. The fraction of sp³-hybridized carbons (Fsp3) is 0.214. The minimum Gasteiger partial charge on any atom is -0.497 e. The van der Waals surface area contributed by atoms with Crippen molar-refractivity contribution in [1.29, 1.82) is 0 Å². The third kappa shape index (κ3) is 3.96. The highest BCUT2D eigenvalue weighted by molar-refractivity contribution is 5.67. The predicted molar refractivity (Wildman–Crippen MR) is 131 cm³/mol. The van der Waals surface area contributed by atoms with Gasteiger partial charge in [0.1, 0.15) is 11.6 Å². The van der Waals surface area contributed by atoms with E-state index in [4.69, 9.17) is 9.15 Å². The monoisotopic (exact) mass is 455 g/mol. The van der Waals surface area contributed by atoms with Gasteiger partial charge in [0.2, 0.25) is 11.8 Å². The zero-order chi connectivity index (χ0) is 23.7. The molecule has 4 aromatic rings. The summed E-state index contributed by atoms with van der Waals surface area (Å²) in [4.78, 5) is 2.35. The maximum Gasteiger partial charge on any atom is 0.240 e. The van der Waals surface area contributed by atoms with Gasteiger partial charge in [0.25, 0.3) is 0 Å². The molecule has 1 aliphatic heterocycles. The fourth-order valence-corrected chi connectivity index (χ4v) is 4.77. The topological polar surface area (TPSA) is 51.4 Å². The zero-order valence-electron chi connectivity index (χ0n) is 19.5. The minimum atomic E-state index is -0.441. The quantitative estimate of drug-likeness (QED) is 0.368. The molecule has 0 N–H and O–H groups in total. The van der Waals surface area contributed by atoms with Gasteiger partial charge >= 0.3 is 0 Å². The van der Waals surface area contributed by atoms with Crippen molar-refractivity contribution in [3.8, 4) is 5.75 Å². The van der Waals surface area contributed by atoms with Crippen molar-refractivity contribution in [1.82, 2.24) is 10.2 Å². The molecule has 0 bridgehead atoms. The van der Waals surface area contributed by atoms with Crippen LogP contribution in [0.2, 0.25) is 0 Å². The van der Waals surface area contributed by atoms with E-state index in [1.54, 1.807) is 14.0 Å². The molecule has 2 heterocycles. The van der Waals surface area contributed by atoms with Crippen molar-refractivity contribution in [3.63, 3.8) is 0 Å². The second kappa shape index (κ2) is 8.78. The Morgan fingerprint density at radius 3 is 2.44 bits per heavy atom. The van der Waals surface area contributed by atoms with E-state index in [0.717, 1.165) is 35.5 Å². The van der Waals surface area contributed by atoms with E-state index in [9.17, 15) is 4.39 Å². The third-order valence-electron chi connectivity index (χ3n) is 6.55. The Labute approximate surface area is 198 Å². The molecule has 1 aliphatic rings. The van der Waals surface area contributed by atoms with E-state index >= 15 is 0 Å². The van der Waals surface area contributed by atoms with E-state index < -0.39 is 5.54 Å². The molecule has 0 saturated carbocycles. The first-order valence-electron chi connectivity index (χ1n) is 11.3. The molecular formula is C28H26FN3O2. The van der Waals surface area contributed by atoms with Crippen LogP contribution in [0.3, 0.4) is 0 Å². The standard InChI is InChI=1S/C28H26FN3O2/c1-19-30-31-27(34-19)15-6-20-4-7-22(8-5-20)28(2)26-14-13-25(33-3)18-21(26)16-17-32(28)24-11-9-23(29)10-12-24/h4-15,18H,16-17H2,1-3H3/b15-6+. The second-order valence-electron chi connectivity index (χ2n) is 8.59. The summed E-state index contributed by atoms with van der Waals surface area (Å²) >= 11 is 0. The number of fused-ring (bicyclic) bond motifs is 1. The third-order valence-corrected chi connectivity index (χ3v) is 6.55. The number of halogens is 1. The summed E-state index contributed by atoms with van der Waals surface area (Å²) in [6.45, 7) is 4.80. The number of hydrogen-bond acceptors (Lipinski definition) is 5. The molecule has 6 heteroatoms. The molecule has 172 valence electrons. The summed E-state index contributed by atoms with van der Waals surface area (Å²) in [5, 5.41) is 7.86. The van der Waals surface area contributed by atoms with Gasteiger partial charge in [0, 0.05) is 25.2 Å². The summed E-state index contributed by atoms with van der Waals surface area (Å²) in [6, 6.07) is 21.5. The number of rotatable bonds is 5. The zero-order valence-corrected chi connectivity index (χ0v) is 19.5. The first kappa shape index (κ1) is 21.9. The molecule has 0 fully saturated rings. The first-order chi connectivity index (χ1) is 16.5. The van der Waals surface area contributed by atoms with Crippen LogP contribution in [0.4, 0.5) is 10.1 Å². The maximum absolute atomic E-state index is 13.7. The van der Waals surface area contributed by atoms with Gasteiger partial charge in [-0.2, -0.15) is 0 Å². The molecule has 0 saturated heterocycles. The summed E-state index contributed by atoms with van der Waals surface area (Å²) in [7, 11) is 1.69. The lowest BCUT2D eigenvalue weighted by Gasteiger charge is -2.48. The van der Waals surface area contributed by atoms with E-state index in [2.05, 4.69) is 58.4 Å². The van der Waals surface area contributed by atoms with Gasteiger partial charge in [-0.25, -0.2) is 4.39 Å². The van der Waals surface area contributed by atoms with Crippen molar-refractivity contribution in [2.45, 2.75) is 25.8 Å². The lowest BCUT2D eigenvalue weighted by atomic mass is 9.76. The molecule has 3 aromatic carbocycles. The van der Waals surface area contributed by atoms with Gasteiger partial charge in [0.05, 0.1) is 12.6 Å². The van der Waals surface area contributed by atoms with Crippen molar-refractivity contribution < 1.29 is 13.5 Å². The predicted octanol–water partition coefficient (Wildman–Crippen LogP) is 6.02. The van der Waals surface area contributed by atoms with Gasteiger partial charge in [0.15, 0.2) is 0 Å². The molecule has 34 heavy (non-hydrogen) atoms. The van der Waals surface area contributed by atoms with Crippen LogP contribution < -0.4 is 9.64 Å². The van der Waals surface area contributed by atoms with E-state index in [-0.39, 0.29) is 5.82 Å². The van der Waals surface area contributed by atoms with Crippen molar-refractivity contribution in [2.24, 2.45) is 0 Å². The fourth-order valence-electron chi connectivity index (χ4n) is 4.77. The minimum absolute atomic E-state index is 0.236. The highest BCUT2D eigenvalue weighted by Gasteiger charge is 2.40. The molecule has 0 radical (unpaired) electrons. The molecule has 1 aromatic heterocycles. The number of aryl methyl sites for hydroxylation is 1. The van der Waals surface area contributed by atoms with Gasteiger partial charge in [-0.05, 0) is 78.1 Å². The van der Waals surface area contributed by atoms with Gasteiger partial charge in [-0.15, -0.1) is 10.2 Å². The summed E-state index contributed by atoms with van der Waals surface area (Å²) in [6.07, 6.45) is 4.64. The average molecular weight is 456 g/mol. The summed E-state index contributed by atoms with van der Waals surface area (Å²) < 4.78 is 24.6. The number of anilines is 1. The first-order valence-corrected chi connectivity index (χ1v) is 11.3. The summed E-state index contributed by atoms with van der Waals surface area (Å²) in [5.41, 5.74) is 5.20. The smallest absolute Gasteiger partial charge is 0.240 e. The number of nitrogens with zero attached hydrogens (tertiary/aromatic N) is 3. The number of benzene rings is 3. The SMILES string of the molecule is COc1ccc2c(c1)CCN(c1ccc(F)cc1)C2(C)c1ccc(/C=C/c2nnc(C)o2)cc1. The Morgan fingerprint density at radius 2 is 1.76 bits per heavy atom. The lowest BCUT2D eigenvalue weighted by molar-refractivity contribution is 0.411. The number of hydrogen-bond donors (Lipinski definition) is 0. The normalized spacial score (nSPS) is 17.7. The maximum atomic E-state index is 13.7. The Hall–Kier alpha value is -3.93. The van der Waals surface area contributed by atoms with Crippen LogP contribution in [0.25, 0.3) is 12.2 Å². The van der Waals surface area contributed by atoms with Crippen LogP contribution in [0.15, 0.2) is 71.1 Å². The average Bonchev–Trinajstić information content (AvgIpc) is 3.28.